The zero-order valence-electron chi connectivity index (χ0n) is 10.1. The largest absolute Gasteiger partial charge is 0.309 e. The number of halogens is 4. The zero-order valence-corrected chi connectivity index (χ0v) is 13.2. The minimum atomic E-state index is -0.296. The van der Waals surface area contributed by atoms with Gasteiger partial charge in [0, 0.05) is 10.0 Å². The second-order valence-electron chi connectivity index (χ2n) is 4.06. The van der Waals surface area contributed by atoms with Crippen LogP contribution in [0.5, 0.6) is 0 Å². The van der Waals surface area contributed by atoms with Crippen molar-refractivity contribution in [3.63, 3.8) is 0 Å². The summed E-state index contributed by atoms with van der Waals surface area (Å²) in [7, 11) is 1.82. The Morgan fingerprint density at radius 1 is 1.16 bits per heavy atom. The molecule has 0 saturated carbocycles. The average Bonchev–Trinajstić information content (AvgIpc) is 2.38. The van der Waals surface area contributed by atoms with Gasteiger partial charge in [0.25, 0.3) is 0 Å². The number of benzene rings is 2. The Kier molecular flexibility index (Phi) is 4.85. The molecule has 1 N–H and O–H groups in total. The molecule has 1 atom stereocenters. The van der Waals surface area contributed by atoms with E-state index in [9.17, 15) is 4.39 Å². The third-order valence-corrected chi connectivity index (χ3v) is 4.02. The predicted molar refractivity (Wildman–Crippen MR) is 81.5 cm³/mol. The standard InChI is InChI=1S/C14H11BrCl2FN/c1-19-14(8-2-5-13(18)11(15)6-8)10-7-9(16)3-4-12(10)17/h2-7,14,19H,1H3. The fraction of sp³-hybridized carbons (Fsp3) is 0.143. The van der Waals surface area contributed by atoms with Crippen LogP contribution in [0.2, 0.25) is 10.0 Å². The van der Waals surface area contributed by atoms with E-state index in [1.54, 1.807) is 24.3 Å². The molecular formula is C14H11BrCl2FN. The van der Waals surface area contributed by atoms with Crippen molar-refractivity contribution < 1.29 is 4.39 Å². The topological polar surface area (TPSA) is 12.0 Å². The molecule has 0 aromatic heterocycles. The number of rotatable bonds is 3. The van der Waals surface area contributed by atoms with Gasteiger partial charge in [0.1, 0.15) is 5.82 Å². The number of nitrogens with one attached hydrogen (secondary N) is 1. The highest BCUT2D eigenvalue weighted by Gasteiger charge is 2.16. The molecule has 0 heterocycles. The first-order chi connectivity index (χ1) is 9.02. The second kappa shape index (κ2) is 6.23. The van der Waals surface area contributed by atoms with E-state index in [1.165, 1.54) is 6.07 Å². The summed E-state index contributed by atoms with van der Waals surface area (Å²) in [6, 6.07) is 10.0. The van der Waals surface area contributed by atoms with Crippen LogP contribution in [0.4, 0.5) is 4.39 Å². The van der Waals surface area contributed by atoms with Crippen LogP contribution >= 0.6 is 39.1 Å². The van der Waals surface area contributed by atoms with Crippen LogP contribution in [0.15, 0.2) is 40.9 Å². The average molecular weight is 363 g/mol. The summed E-state index contributed by atoms with van der Waals surface area (Å²) in [5.74, 6) is -0.296. The molecule has 1 nitrogen and oxygen atoms in total. The van der Waals surface area contributed by atoms with E-state index in [-0.39, 0.29) is 11.9 Å². The Balaban J connectivity index is 2.49. The van der Waals surface area contributed by atoms with Crippen molar-refractivity contribution in [2.24, 2.45) is 0 Å². The summed E-state index contributed by atoms with van der Waals surface area (Å²) >= 11 is 15.4. The van der Waals surface area contributed by atoms with Gasteiger partial charge in [-0.15, -0.1) is 0 Å². The van der Waals surface area contributed by atoms with Crippen LogP contribution in [-0.2, 0) is 0 Å². The third kappa shape index (κ3) is 3.29. The monoisotopic (exact) mass is 361 g/mol. The van der Waals surface area contributed by atoms with Crippen molar-refractivity contribution in [2.45, 2.75) is 6.04 Å². The summed E-state index contributed by atoms with van der Waals surface area (Å²) in [6.45, 7) is 0. The van der Waals surface area contributed by atoms with Crippen molar-refractivity contribution in [1.82, 2.24) is 5.32 Å². The smallest absolute Gasteiger partial charge is 0.137 e. The maximum Gasteiger partial charge on any atom is 0.137 e. The van der Waals surface area contributed by atoms with Crippen molar-refractivity contribution in [3.05, 3.63) is 67.9 Å². The quantitative estimate of drug-likeness (QED) is 0.790. The van der Waals surface area contributed by atoms with E-state index in [2.05, 4.69) is 21.2 Å². The highest BCUT2D eigenvalue weighted by atomic mass is 79.9. The molecule has 100 valence electrons. The fourth-order valence-corrected chi connectivity index (χ4v) is 2.73. The van der Waals surface area contributed by atoms with E-state index in [0.29, 0.717) is 14.5 Å². The maximum absolute atomic E-state index is 13.3. The van der Waals surface area contributed by atoms with Gasteiger partial charge in [-0.2, -0.15) is 0 Å². The van der Waals surface area contributed by atoms with Crippen LogP contribution < -0.4 is 5.32 Å². The predicted octanol–water partition coefficient (Wildman–Crippen LogP) is 5.20. The highest BCUT2D eigenvalue weighted by molar-refractivity contribution is 9.10. The Bertz CT molecular complexity index is 604. The van der Waals surface area contributed by atoms with Gasteiger partial charge in [-0.1, -0.05) is 29.3 Å². The van der Waals surface area contributed by atoms with E-state index in [4.69, 9.17) is 23.2 Å². The van der Waals surface area contributed by atoms with Gasteiger partial charge < -0.3 is 5.32 Å². The van der Waals surface area contributed by atoms with Crippen molar-refractivity contribution >= 4 is 39.1 Å². The number of hydrogen-bond acceptors (Lipinski definition) is 1. The third-order valence-electron chi connectivity index (χ3n) is 2.83. The lowest BCUT2D eigenvalue weighted by atomic mass is 9.99. The molecule has 0 aliphatic heterocycles. The van der Waals surface area contributed by atoms with Crippen LogP contribution in [-0.4, -0.2) is 7.05 Å². The van der Waals surface area contributed by atoms with Crippen molar-refractivity contribution in [3.8, 4) is 0 Å². The second-order valence-corrected chi connectivity index (χ2v) is 5.76. The van der Waals surface area contributed by atoms with E-state index >= 15 is 0 Å². The van der Waals surface area contributed by atoms with Gasteiger partial charge >= 0.3 is 0 Å². The molecule has 0 bridgehead atoms. The summed E-state index contributed by atoms with van der Waals surface area (Å²) < 4.78 is 13.7. The van der Waals surface area contributed by atoms with Crippen LogP contribution in [0.3, 0.4) is 0 Å². The molecule has 0 fully saturated rings. The summed E-state index contributed by atoms with van der Waals surface area (Å²) in [6.07, 6.45) is 0. The Morgan fingerprint density at radius 3 is 2.53 bits per heavy atom. The lowest BCUT2D eigenvalue weighted by Crippen LogP contribution is -2.18. The molecule has 0 radical (unpaired) electrons. The Labute approximate surface area is 129 Å². The fourth-order valence-electron chi connectivity index (χ4n) is 1.93. The first-order valence-electron chi connectivity index (χ1n) is 5.60. The van der Waals surface area contributed by atoms with Gasteiger partial charge in [0.15, 0.2) is 0 Å². The minimum absolute atomic E-state index is 0.150. The molecule has 5 heteroatoms. The van der Waals surface area contributed by atoms with Gasteiger partial charge in [0.2, 0.25) is 0 Å². The van der Waals surface area contributed by atoms with Crippen LogP contribution in [0.1, 0.15) is 17.2 Å². The molecule has 19 heavy (non-hydrogen) atoms. The molecule has 1 unspecified atom stereocenters. The first kappa shape index (κ1) is 14.8. The maximum atomic E-state index is 13.3. The molecule has 2 rings (SSSR count). The summed E-state index contributed by atoms with van der Waals surface area (Å²) in [5, 5.41) is 4.39. The molecule has 0 aliphatic carbocycles. The van der Waals surface area contributed by atoms with Gasteiger partial charge in [-0.25, -0.2) is 4.39 Å². The van der Waals surface area contributed by atoms with Crippen LogP contribution in [0.25, 0.3) is 0 Å². The zero-order chi connectivity index (χ0) is 14.0. The molecule has 2 aromatic carbocycles. The summed E-state index contributed by atoms with van der Waals surface area (Å²) in [4.78, 5) is 0. The molecular weight excluding hydrogens is 352 g/mol. The van der Waals surface area contributed by atoms with E-state index < -0.39 is 0 Å². The molecule has 0 amide bonds. The highest BCUT2D eigenvalue weighted by Crippen LogP contribution is 2.32. The molecule has 0 spiro atoms. The first-order valence-corrected chi connectivity index (χ1v) is 7.15. The molecule has 2 aromatic rings. The van der Waals surface area contributed by atoms with Crippen molar-refractivity contribution in [2.75, 3.05) is 7.05 Å². The lowest BCUT2D eigenvalue weighted by Gasteiger charge is -2.19. The minimum Gasteiger partial charge on any atom is -0.309 e. The Morgan fingerprint density at radius 2 is 1.89 bits per heavy atom. The number of hydrogen-bond donors (Lipinski definition) is 1. The molecule has 0 saturated heterocycles. The van der Waals surface area contributed by atoms with E-state index in [0.717, 1.165) is 11.1 Å². The Hall–Kier alpha value is -0.610. The molecule has 0 aliphatic rings. The van der Waals surface area contributed by atoms with E-state index in [1.807, 2.05) is 13.1 Å². The SMILES string of the molecule is CNC(c1ccc(F)c(Br)c1)c1cc(Cl)ccc1Cl. The van der Waals surface area contributed by atoms with Crippen LogP contribution in [0, 0.1) is 5.82 Å². The lowest BCUT2D eigenvalue weighted by molar-refractivity contribution is 0.616. The van der Waals surface area contributed by atoms with Gasteiger partial charge in [-0.05, 0) is 64.4 Å². The van der Waals surface area contributed by atoms with Gasteiger partial charge in [0.05, 0.1) is 10.5 Å². The summed E-state index contributed by atoms with van der Waals surface area (Å²) in [5.41, 5.74) is 1.76. The normalized spacial score (nSPS) is 12.5. The van der Waals surface area contributed by atoms with Crippen molar-refractivity contribution in [1.29, 1.82) is 0 Å². The van der Waals surface area contributed by atoms with Gasteiger partial charge in [-0.3, -0.25) is 0 Å².